The van der Waals surface area contributed by atoms with Crippen LogP contribution in [0.15, 0.2) is 5.38 Å². The van der Waals surface area contributed by atoms with E-state index in [-0.39, 0.29) is 17.7 Å². The van der Waals surface area contributed by atoms with Gasteiger partial charge in [-0.25, -0.2) is 4.98 Å². The molecular formula is C19H31N3O4S. The number of ether oxygens (including phenoxy) is 2. The number of amides is 2. The Labute approximate surface area is 165 Å². The number of nitrogens with zero attached hydrogens (tertiary/aromatic N) is 2. The lowest BCUT2D eigenvalue weighted by molar-refractivity contribution is -0.136. The van der Waals surface area contributed by atoms with Gasteiger partial charge in [0.05, 0.1) is 6.54 Å². The van der Waals surface area contributed by atoms with E-state index in [0.717, 1.165) is 43.5 Å². The molecule has 7 nitrogen and oxygen atoms in total. The Hall–Kier alpha value is -1.51. The van der Waals surface area contributed by atoms with Crippen LogP contribution in [-0.2, 0) is 20.8 Å². The maximum Gasteiger partial charge on any atom is 0.270 e. The fourth-order valence-electron chi connectivity index (χ4n) is 3.26. The first-order chi connectivity index (χ1) is 13.2. The highest BCUT2D eigenvalue weighted by Crippen LogP contribution is 2.27. The standard InChI is InChI=1S/C19H31N3O4S/c1-25-11-5-9-20-18(23)16-14-27-17(21-16)13-22(10-6-12-26-2)19(24)15-7-3-4-8-15/h14-15H,3-13H2,1-2H3,(H,20,23). The first kappa shape index (κ1) is 21.8. The predicted octanol–water partition coefficient (Wildman–Crippen LogP) is 2.46. The molecule has 27 heavy (non-hydrogen) atoms. The minimum absolute atomic E-state index is 0.135. The van der Waals surface area contributed by atoms with Gasteiger partial charge in [-0.05, 0) is 25.7 Å². The SMILES string of the molecule is COCCCNC(=O)c1csc(CN(CCCOC)C(=O)C2CCCC2)n1. The average Bonchev–Trinajstić information content (AvgIpc) is 3.36. The van der Waals surface area contributed by atoms with E-state index in [0.29, 0.717) is 38.5 Å². The third-order valence-corrected chi connectivity index (χ3v) is 5.55. The summed E-state index contributed by atoms with van der Waals surface area (Å²) in [5.41, 5.74) is 0.414. The molecule has 2 amide bonds. The zero-order valence-corrected chi connectivity index (χ0v) is 17.2. The predicted molar refractivity (Wildman–Crippen MR) is 105 cm³/mol. The number of carbonyl (C=O) groups is 2. The van der Waals surface area contributed by atoms with Gasteiger partial charge in [-0.2, -0.15) is 0 Å². The molecule has 0 radical (unpaired) electrons. The summed E-state index contributed by atoms with van der Waals surface area (Å²) in [7, 11) is 3.31. The lowest BCUT2D eigenvalue weighted by atomic mass is 10.1. The molecule has 0 aliphatic heterocycles. The highest BCUT2D eigenvalue weighted by Gasteiger charge is 2.27. The van der Waals surface area contributed by atoms with Crippen LogP contribution in [0.1, 0.15) is 54.0 Å². The van der Waals surface area contributed by atoms with E-state index in [2.05, 4.69) is 10.3 Å². The third kappa shape index (κ3) is 7.20. The van der Waals surface area contributed by atoms with Crippen LogP contribution in [0.3, 0.4) is 0 Å². The molecule has 1 aromatic heterocycles. The number of thiazole rings is 1. The first-order valence-electron chi connectivity index (χ1n) is 9.65. The van der Waals surface area contributed by atoms with Crippen molar-refractivity contribution in [1.29, 1.82) is 0 Å². The Morgan fingerprint density at radius 3 is 2.63 bits per heavy atom. The lowest BCUT2D eigenvalue weighted by Crippen LogP contribution is -2.36. The third-order valence-electron chi connectivity index (χ3n) is 4.71. The van der Waals surface area contributed by atoms with Crippen LogP contribution in [-0.4, -0.2) is 62.2 Å². The molecule has 1 aliphatic rings. The van der Waals surface area contributed by atoms with Crippen LogP contribution < -0.4 is 5.32 Å². The molecular weight excluding hydrogens is 366 g/mol. The molecule has 152 valence electrons. The van der Waals surface area contributed by atoms with E-state index in [4.69, 9.17) is 9.47 Å². The molecule has 0 spiro atoms. The van der Waals surface area contributed by atoms with Crippen molar-refractivity contribution in [1.82, 2.24) is 15.2 Å². The second kappa shape index (κ2) is 12.0. The summed E-state index contributed by atoms with van der Waals surface area (Å²) in [4.78, 5) is 31.3. The monoisotopic (exact) mass is 397 g/mol. The maximum atomic E-state index is 12.9. The number of hydrogen-bond acceptors (Lipinski definition) is 6. The number of methoxy groups -OCH3 is 2. The molecule has 0 atom stereocenters. The van der Waals surface area contributed by atoms with Gasteiger partial charge in [0, 0.05) is 51.8 Å². The highest BCUT2D eigenvalue weighted by molar-refractivity contribution is 7.09. The minimum atomic E-state index is -0.179. The van der Waals surface area contributed by atoms with Gasteiger partial charge in [0.15, 0.2) is 0 Å². The summed E-state index contributed by atoms with van der Waals surface area (Å²) in [6.45, 7) is 2.91. The normalized spacial score (nSPS) is 14.4. The molecule has 1 aromatic rings. The van der Waals surface area contributed by atoms with Crippen molar-refractivity contribution < 1.29 is 19.1 Å². The fraction of sp³-hybridized carbons (Fsp3) is 0.737. The summed E-state index contributed by atoms with van der Waals surface area (Å²) in [6.07, 6.45) is 5.79. The van der Waals surface area contributed by atoms with Crippen molar-refractivity contribution in [2.75, 3.05) is 40.5 Å². The molecule has 0 saturated heterocycles. The minimum Gasteiger partial charge on any atom is -0.385 e. The summed E-state index contributed by atoms with van der Waals surface area (Å²) in [6, 6.07) is 0. The lowest BCUT2D eigenvalue weighted by Gasteiger charge is -2.24. The van der Waals surface area contributed by atoms with Gasteiger partial charge in [0.25, 0.3) is 5.91 Å². The van der Waals surface area contributed by atoms with E-state index >= 15 is 0 Å². The fourth-order valence-corrected chi connectivity index (χ4v) is 4.05. The van der Waals surface area contributed by atoms with Gasteiger partial charge in [-0.3, -0.25) is 9.59 Å². The Bertz CT molecular complexity index is 587. The summed E-state index contributed by atoms with van der Waals surface area (Å²) >= 11 is 1.43. The Morgan fingerprint density at radius 1 is 1.22 bits per heavy atom. The zero-order valence-electron chi connectivity index (χ0n) is 16.4. The highest BCUT2D eigenvalue weighted by atomic mass is 32.1. The Kier molecular flexibility index (Phi) is 9.72. The van der Waals surface area contributed by atoms with Crippen molar-refractivity contribution in [3.63, 3.8) is 0 Å². The number of carbonyl (C=O) groups excluding carboxylic acids is 2. The molecule has 1 saturated carbocycles. The molecule has 1 heterocycles. The van der Waals surface area contributed by atoms with E-state index in [9.17, 15) is 9.59 Å². The van der Waals surface area contributed by atoms with Gasteiger partial charge >= 0.3 is 0 Å². The van der Waals surface area contributed by atoms with E-state index in [1.807, 2.05) is 4.90 Å². The van der Waals surface area contributed by atoms with Crippen molar-refractivity contribution in [3.8, 4) is 0 Å². The van der Waals surface area contributed by atoms with Gasteiger partial charge in [-0.15, -0.1) is 11.3 Å². The first-order valence-corrected chi connectivity index (χ1v) is 10.5. The number of aromatic nitrogens is 1. The second-order valence-electron chi connectivity index (χ2n) is 6.82. The van der Waals surface area contributed by atoms with Gasteiger partial charge in [-0.1, -0.05) is 12.8 Å². The van der Waals surface area contributed by atoms with Gasteiger partial charge in [0.2, 0.25) is 5.91 Å². The van der Waals surface area contributed by atoms with Crippen molar-refractivity contribution >= 4 is 23.2 Å². The van der Waals surface area contributed by atoms with Crippen molar-refractivity contribution in [3.05, 3.63) is 16.1 Å². The van der Waals surface area contributed by atoms with Crippen LogP contribution >= 0.6 is 11.3 Å². The largest absolute Gasteiger partial charge is 0.385 e. The van der Waals surface area contributed by atoms with Gasteiger partial charge in [0.1, 0.15) is 10.7 Å². The maximum absolute atomic E-state index is 12.9. The van der Waals surface area contributed by atoms with E-state index in [1.165, 1.54) is 11.3 Å². The van der Waals surface area contributed by atoms with Crippen molar-refractivity contribution in [2.24, 2.45) is 5.92 Å². The van der Waals surface area contributed by atoms with E-state index < -0.39 is 0 Å². The molecule has 8 heteroatoms. The molecule has 1 N–H and O–H groups in total. The quantitative estimate of drug-likeness (QED) is 0.548. The average molecular weight is 398 g/mol. The summed E-state index contributed by atoms with van der Waals surface area (Å²) < 4.78 is 10.1. The topological polar surface area (TPSA) is 80.8 Å². The Balaban J connectivity index is 1.92. The molecule has 1 aliphatic carbocycles. The summed E-state index contributed by atoms with van der Waals surface area (Å²) in [5.74, 6) is 0.169. The molecule has 2 rings (SSSR count). The van der Waals surface area contributed by atoms with Crippen LogP contribution in [0.5, 0.6) is 0 Å². The zero-order chi connectivity index (χ0) is 19.5. The van der Waals surface area contributed by atoms with Gasteiger partial charge < -0.3 is 19.7 Å². The van der Waals surface area contributed by atoms with Crippen molar-refractivity contribution in [2.45, 2.75) is 45.1 Å². The molecule has 0 bridgehead atoms. The second-order valence-corrected chi connectivity index (χ2v) is 7.76. The van der Waals surface area contributed by atoms with E-state index in [1.54, 1.807) is 19.6 Å². The summed E-state index contributed by atoms with van der Waals surface area (Å²) in [5, 5.41) is 5.39. The van der Waals surface area contributed by atoms with Crippen LogP contribution in [0.2, 0.25) is 0 Å². The van der Waals surface area contributed by atoms with Crippen LogP contribution in [0.4, 0.5) is 0 Å². The molecule has 0 unspecified atom stereocenters. The number of rotatable bonds is 12. The number of hydrogen-bond donors (Lipinski definition) is 1. The Morgan fingerprint density at radius 2 is 1.93 bits per heavy atom. The number of nitrogens with one attached hydrogen (secondary N) is 1. The van der Waals surface area contributed by atoms with Crippen LogP contribution in [0.25, 0.3) is 0 Å². The smallest absolute Gasteiger partial charge is 0.270 e. The van der Waals surface area contributed by atoms with Crippen LogP contribution in [0, 0.1) is 5.92 Å². The molecule has 0 aromatic carbocycles. The molecule has 1 fully saturated rings.